The average molecular weight is 268 g/mol. The van der Waals surface area contributed by atoms with Crippen molar-refractivity contribution in [2.24, 2.45) is 0 Å². The molecule has 1 aromatic carbocycles. The normalized spacial score (nSPS) is 11.9. The number of rotatable bonds is 4. The molecule has 1 rings (SSSR count). The minimum atomic E-state index is 0.960. The number of hydrogen-bond donors (Lipinski definition) is 1. The molecule has 0 bridgehead atoms. The molecule has 0 saturated heterocycles. The molecule has 0 heterocycles. The highest BCUT2D eigenvalue weighted by molar-refractivity contribution is 9.10. The van der Waals surface area contributed by atoms with Crippen LogP contribution in [0, 0.1) is 6.92 Å². The molecular weight excluding hydrogens is 250 g/mol. The molecular formula is C13H18BrN. The topological polar surface area (TPSA) is 12.0 Å². The zero-order valence-corrected chi connectivity index (χ0v) is 11.2. The Morgan fingerprint density at radius 3 is 2.80 bits per heavy atom. The number of likely N-dealkylation sites (N-methyl/N-ethyl adjacent to an activating group) is 1. The molecule has 1 aromatic rings. The minimum Gasteiger partial charge on any atom is -0.313 e. The molecule has 0 aliphatic heterocycles. The third kappa shape index (κ3) is 4.18. The maximum atomic E-state index is 3.54. The van der Waals surface area contributed by atoms with Crippen molar-refractivity contribution in [1.82, 2.24) is 5.32 Å². The van der Waals surface area contributed by atoms with Crippen molar-refractivity contribution in [2.75, 3.05) is 13.1 Å². The van der Waals surface area contributed by atoms with E-state index in [2.05, 4.69) is 66.3 Å². The Morgan fingerprint density at radius 1 is 1.47 bits per heavy atom. The van der Waals surface area contributed by atoms with Gasteiger partial charge in [0.25, 0.3) is 0 Å². The lowest BCUT2D eigenvalue weighted by Gasteiger charge is -2.03. The van der Waals surface area contributed by atoms with E-state index in [1.54, 1.807) is 0 Å². The van der Waals surface area contributed by atoms with Crippen LogP contribution < -0.4 is 5.32 Å². The molecule has 0 aliphatic rings. The van der Waals surface area contributed by atoms with E-state index < -0.39 is 0 Å². The van der Waals surface area contributed by atoms with Crippen LogP contribution in [0.25, 0.3) is 6.08 Å². The van der Waals surface area contributed by atoms with Crippen LogP contribution in [0.4, 0.5) is 0 Å². The van der Waals surface area contributed by atoms with Gasteiger partial charge in [-0.2, -0.15) is 0 Å². The molecule has 0 unspecified atom stereocenters. The summed E-state index contributed by atoms with van der Waals surface area (Å²) < 4.78 is 1.17. The van der Waals surface area contributed by atoms with Crippen LogP contribution in [0.3, 0.4) is 0 Å². The van der Waals surface area contributed by atoms with E-state index in [1.165, 1.54) is 21.2 Å². The van der Waals surface area contributed by atoms with Crippen molar-refractivity contribution >= 4 is 22.0 Å². The van der Waals surface area contributed by atoms with Crippen molar-refractivity contribution in [1.29, 1.82) is 0 Å². The Kier molecular flexibility index (Phi) is 5.06. The molecule has 0 fully saturated rings. The summed E-state index contributed by atoms with van der Waals surface area (Å²) in [5, 5.41) is 3.31. The summed E-state index contributed by atoms with van der Waals surface area (Å²) >= 11 is 3.54. The first-order valence-corrected chi connectivity index (χ1v) is 6.07. The van der Waals surface area contributed by atoms with Crippen LogP contribution in [0.2, 0.25) is 0 Å². The zero-order chi connectivity index (χ0) is 11.3. The van der Waals surface area contributed by atoms with Crippen LogP contribution in [-0.2, 0) is 0 Å². The largest absolute Gasteiger partial charge is 0.313 e. The van der Waals surface area contributed by atoms with Crippen LogP contribution in [0.15, 0.2) is 28.2 Å². The van der Waals surface area contributed by atoms with E-state index in [0.29, 0.717) is 0 Å². The van der Waals surface area contributed by atoms with Gasteiger partial charge in [0.2, 0.25) is 0 Å². The van der Waals surface area contributed by atoms with Crippen molar-refractivity contribution in [2.45, 2.75) is 20.8 Å². The lowest BCUT2D eigenvalue weighted by molar-refractivity contribution is 0.778. The highest BCUT2D eigenvalue weighted by Crippen LogP contribution is 2.19. The van der Waals surface area contributed by atoms with Gasteiger partial charge in [-0.25, -0.2) is 0 Å². The van der Waals surface area contributed by atoms with Gasteiger partial charge < -0.3 is 5.32 Å². The first kappa shape index (κ1) is 12.5. The molecule has 0 aromatic heterocycles. The summed E-state index contributed by atoms with van der Waals surface area (Å²) in [7, 11) is 0. The Bertz CT molecular complexity index is 356. The van der Waals surface area contributed by atoms with Gasteiger partial charge in [0.15, 0.2) is 0 Å². The van der Waals surface area contributed by atoms with E-state index in [4.69, 9.17) is 0 Å². The van der Waals surface area contributed by atoms with Gasteiger partial charge in [0.05, 0.1) is 0 Å². The van der Waals surface area contributed by atoms with Gasteiger partial charge in [-0.15, -0.1) is 0 Å². The SMILES string of the molecule is CCNC/C(C)=C/c1ccc(C)c(Br)c1. The van der Waals surface area contributed by atoms with Crippen LogP contribution in [0.1, 0.15) is 25.0 Å². The molecule has 1 nitrogen and oxygen atoms in total. The van der Waals surface area contributed by atoms with Crippen molar-refractivity contribution in [3.8, 4) is 0 Å². The number of benzene rings is 1. The first-order valence-electron chi connectivity index (χ1n) is 5.27. The monoisotopic (exact) mass is 267 g/mol. The molecule has 15 heavy (non-hydrogen) atoms. The average Bonchev–Trinajstić information content (AvgIpc) is 2.20. The number of nitrogens with one attached hydrogen (secondary N) is 1. The zero-order valence-electron chi connectivity index (χ0n) is 9.60. The van der Waals surface area contributed by atoms with E-state index in [9.17, 15) is 0 Å². The predicted molar refractivity (Wildman–Crippen MR) is 71.1 cm³/mol. The third-order valence-electron chi connectivity index (χ3n) is 2.26. The summed E-state index contributed by atoms with van der Waals surface area (Å²) in [5.41, 5.74) is 3.88. The van der Waals surface area contributed by atoms with Crippen molar-refractivity contribution < 1.29 is 0 Å². The van der Waals surface area contributed by atoms with E-state index in [0.717, 1.165) is 13.1 Å². The fourth-order valence-corrected chi connectivity index (χ4v) is 1.75. The van der Waals surface area contributed by atoms with Gasteiger partial charge >= 0.3 is 0 Å². The Hall–Kier alpha value is -0.600. The second-order valence-corrected chi connectivity index (χ2v) is 4.63. The quantitative estimate of drug-likeness (QED) is 0.876. The Labute approximate surface area is 101 Å². The molecule has 82 valence electrons. The molecule has 1 N–H and O–H groups in total. The summed E-state index contributed by atoms with van der Waals surface area (Å²) in [6.07, 6.45) is 2.22. The van der Waals surface area contributed by atoms with Gasteiger partial charge in [-0.3, -0.25) is 0 Å². The van der Waals surface area contributed by atoms with Gasteiger partial charge in [-0.05, 0) is 37.6 Å². The van der Waals surface area contributed by atoms with E-state index in [-0.39, 0.29) is 0 Å². The molecule has 0 atom stereocenters. The van der Waals surface area contributed by atoms with Gasteiger partial charge in [-0.1, -0.05) is 46.6 Å². The number of aryl methyl sites for hydroxylation is 1. The standard InChI is InChI=1S/C13H18BrN/c1-4-15-9-10(2)7-12-6-5-11(3)13(14)8-12/h5-8,15H,4,9H2,1-3H3/b10-7+. The molecule has 2 heteroatoms. The second kappa shape index (κ2) is 6.09. The molecule has 0 radical (unpaired) electrons. The summed E-state index contributed by atoms with van der Waals surface area (Å²) in [6.45, 7) is 8.35. The Balaban J connectivity index is 2.75. The Morgan fingerprint density at radius 2 is 2.20 bits per heavy atom. The fourth-order valence-electron chi connectivity index (χ4n) is 1.36. The smallest absolute Gasteiger partial charge is 0.0210 e. The molecule has 0 spiro atoms. The van der Waals surface area contributed by atoms with Gasteiger partial charge in [0.1, 0.15) is 0 Å². The highest BCUT2D eigenvalue weighted by atomic mass is 79.9. The maximum Gasteiger partial charge on any atom is 0.0210 e. The minimum absolute atomic E-state index is 0.960. The number of hydrogen-bond acceptors (Lipinski definition) is 1. The summed E-state index contributed by atoms with van der Waals surface area (Å²) in [6, 6.07) is 6.44. The fraction of sp³-hybridized carbons (Fsp3) is 0.385. The van der Waals surface area contributed by atoms with E-state index >= 15 is 0 Å². The van der Waals surface area contributed by atoms with Crippen molar-refractivity contribution in [3.05, 3.63) is 39.4 Å². The predicted octanol–water partition coefficient (Wildman–Crippen LogP) is 3.77. The maximum absolute atomic E-state index is 3.54. The number of halogens is 1. The lowest BCUT2D eigenvalue weighted by Crippen LogP contribution is -2.14. The first-order chi connectivity index (χ1) is 7.13. The van der Waals surface area contributed by atoms with Crippen LogP contribution in [-0.4, -0.2) is 13.1 Å². The van der Waals surface area contributed by atoms with E-state index in [1.807, 2.05) is 0 Å². The summed E-state index contributed by atoms with van der Waals surface area (Å²) in [4.78, 5) is 0. The molecule has 0 aliphatic carbocycles. The van der Waals surface area contributed by atoms with Crippen LogP contribution >= 0.6 is 15.9 Å². The van der Waals surface area contributed by atoms with Gasteiger partial charge in [0, 0.05) is 11.0 Å². The summed E-state index contributed by atoms with van der Waals surface area (Å²) in [5.74, 6) is 0. The van der Waals surface area contributed by atoms with Crippen LogP contribution in [0.5, 0.6) is 0 Å². The molecule has 0 saturated carbocycles. The second-order valence-electron chi connectivity index (χ2n) is 3.78. The highest BCUT2D eigenvalue weighted by Gasteiger charge is 1.96. The molecule has 0 amide bonds. The lowest BCUT2D eigenvalue weighted by atomic mass is 10.1. The third-order valence-corrected chi connectivity index (χ3v) is 3.12. The van der Waals surface area contributed by atoms with Crippen molar-refractivity contribution in [3.63, 3.8) is 0 Å².